The van der Waals surface area contributed by atoms with Crippen LogP contribution >= 0.6 is 0 Å². The third-order valence-corrected chi connectivity index (χ3v) is 6.48. The van der Waals surface area contributed by atoms with Gasteiger partial charge in [0.2, 0.25) is 5.91 Å². The molecule has 3 heterocycles. The first kappa shape index (κ1) is 19.5. The maximum absolute atomic E-state index is 12.9. The molecule has 1 aliphatic rings. The molecule has 1 amide bonds. The molecule has 0 aliphatic carbocycles. The van der Waals surface area contributed by atoms with Crippen molar-refractivity contribution in [2.24, 2.45) is 5.92 Å². The predicted molar refractivity (Wildman–Crippen MR) is 122 cm³/mol. The van der Waals surface area contributed by atoms with Crippen molar-refractivity contribution in [2.75, 3.05) is 13.1 Å². The molecule has 2 aromatic carbocycles. The highest BCUT2D eigenvalue weighted by atomic mass is 16.2. The van der Waals surface area contributed by atoms with Gasteiger partial charge in [-0.05, 0) is 49.4 Å². The summed E-state index contributed by atoms with van der Waals surface area (Å²) in [5.74, 6) is 1.29. The first-order valence-corrected chi connectivity index (χ1v) is 10.9. The standard InChI is InChI=1S/C25H26N4O2/c1-17-27-23-9-5-3-7-21(23)25(31)29(17)16-18-10-12-28(13-11-18)24(30)14-19-15-26-22-8-4-2-6-20(19)22/h2-9,15,18,26H,10-14,16H2,1H3. The Morgan fingerprint density at radius 2 is 1.77 bits per heavy atom. The molecule has 1 fully saturated rings. The fourth-order valence-corrected chi connectivity index (χ4v) is 4.67. The minimum atomic E-state index is 0.0286. The number of aryl methyl sites for hydroxylation is 1. The van der Waals surface area contributed by atoms with E-state index in [4.69, 9.17) is 0 Å². The Morgan fingerprint density at radius 3 is 2.58 bits per heavy atom. The van der Waals surface area contributed by atoms with Crippen molar-refractivity contribution >= 4 is 27.7 Å². The summed E-state index contributed by atoms with van der Waals surface area (Å²) in [5, 5.41) is 1.78. The van der Waals surface area contributed by atoms with E-state index in [1.54, 1.807) is 4.57 Å². The molecule has 158 valence electrons. The van der Waals surface area contributed by atoms with Crippen LogP contribution in [0.25, 0.3) is 21.8 Å². The van der Waals surface area contributed by atoms with Crippen LogP contribution in [0.2, 0.25) is 0 Å². The number of para-hydroxylation sites is 2. The average Bonchev–Trinajstić information content (AvgIpc) is 3.20. The average molecular weight is 415 g/mol. The Labute approximate surface area is 180 Å². The molecular weight excluding hydrogens is 388 g/mol. The Bertz CT molecular complexity index is 1310. The number of likely N-dealkylation sites (tertiary alicyclic amines) is 1. The van der Waals surface area contributed by atoms with Crippen LogP contribution in [0.3, 0.4) is 0 Å². The third-order valence-electron chi connectivity index (χ3n) is 6.48. The fourth-order valence-electron chi connectivity index (χ4n) is 4.67. The first-order valence-electron chi connectivity index (χ1n) is 10.9. The molecule has 1 aliphatic heterocycles. The van der Waals surface area contributed by atoms with Crippen LogP contribution in [0.1, 0.15) is 24.2 Å². The largest absolute Gasteiger partial charge is 0.361 e. The quantitative estimate of drug-likeness (QED) is 0.554. The number of amides is 1. The van der Waals surface area contributed by atoms with Crippen LogP contribution in [-0.2, 0) is 17.8 Å². The highest BCUT2D eigenvalue weighted by Gasteiger charge is 2.24. The number of nitrogens with zero attached hydrogens (tertiary/aromatic N) is 3. The summed E-state index contributed by atoms with van der Waals surface area (Å²) >= 11 is 0. The van der Waals surface area contributed by atoms with Crippen molar-refractivity contribution in [1.82, 2.24) is 19.4 Å². The van der Waals surface area contributed by atoms with Crippen LogP contribution in [0, 0.1) is 12.8 Å². The van der Waals surface area contributed by atoms with E-state index >= 15 is 0 Å². The molecule has 0 saturated carbocycles. The molecule has 0 radical (unpaired) electrons. The van der Waals surface area contributed by atoms with E-state index in [1.807, 2.05) is 60.5 Å². The lowest BCUT2D eigenvalue weighted by molar-refractivity contribution is -0.131. The van der Waals surface area contributed by atoms with E-state index in [0.29, 0.717) is 24.3 Å². The lowest BCUT2D eigenvalue weighted by Crippen LogP contribution is -2.41. The van der Waals surface area contributed by atoms with Gasteiger partial charge in [-0.25, -0.2) is 4.98 Å². The summed E-state index contributed by atoms with van der Waals surface area (Å²) in [4.78, 5) is 35.6. The summed E-state index contributed by atoms with van der Waals surface area (Å²) in [6.07, 6.45) is 4.16. The number of aromatic nitrogens is 3. The summed E-state index contributed by atoms with van der Waals surface area (Å²) < 4.78 is 1.80. The number of nitrogens with one attached hydrogen (secondary N) is 1. The van der Waals surface area contributed by atoms with Gasteiger partial charge in [0.15, 0.2) is 0 Å². The molecule has 4 aromatic rings. The van der Waals surface area contributed by atoms with E-state index in [-0.39, 0.29) is 11.5 Å². The summed E-state index contributed by atoms with van der Waals surface area (Å²) in [6.45, 7) is 4.03. The van der Waals surface area contributed by atoms with E-state index in [2.05, 4.69) is 16.0 Å². The number of fused-ring (bicyclic) bond motifs is 2. The number of rotatable bonds is 4. The van der Waals surface area contributed by atoms with Crippen LogP contribution < -0.4 is 5.56 Å². The first-order chi connectivity index (χ1) is 15.1. The van der Waals surface area contributed by atoms with E-state index in [9.17, 15) is 9.59 Å². The Balaban J connectivity index is 1.24. The Hall–Kier alpha value is -3.41. The van der Waals surface area contributed by atoms with Gasteiger partial charge in [0.25, 0.3) is 5.56 Å². The van der Waals surface area contributed by atoms with Gasteiger partial charge >= 0.3 is 0 Å². The second-order valence-corrected chi connectivity index (χ2v) is 8.45. The minimum absolute atomic E-state index is 0.0286. The van der Waals surface area contributed by atoms with Crippen molar-refractivity contribution in [3.63, 3.8) is 0 Å². The van der Waals surface area contributed by atoms with Crippen molar-refractivity contribution in [1.29, 1.82) is 0 Å². The van der Waals surface area contributed by atoms with Gasteiger partial charge < -0.3 is 9.88 Å². The zero-order chi connectivity index (χ0) is 21.4. The number of piperidine rings is 1. The van der Waals surface area contributed by atoms with Gasteiger partial charge in [-0.15, -0.1) is 0 Å². The SMILES string of the molecule is Cc1nc2ccccc2c(=O)n1CC1CCN(C(=O)Cc2c[nH]c3ccccc23)CC1. The number of hydrogen-bond donors (Lipinski definition) is 1. The number of benzene rings is 2. The van der Waals surface area contributed by atoms with E-state index in [1.165, 1.54) is 0 Å². The number of carbonyl (C=O) groups is 1. The van der Waals surface area contributed by atoms with Gasteiger partial charge in [0.05, 0.1) is 17.3 Å². The predicted octanol–water partition coefficient (Wildman–Crippen LogP) is 3.67. The van der Waals surface area contributed by atoms with Gasteiger partial charge in [-0.2, -0.15) is 0 Å². The molecule has 2 aromatic heterocycles. The van der Waals surface area contributed by atoms with Gasteiger partial charge in [-0.1, -0.05) is 30.3 Å². The molecule has 0 bridgehead atoms. The van der Waals surface area contributed by atoms with Crippen molar-refractivity contribution in [3.05, 3.63) is 76.5 Å². The van der Waals surface area contributed by atoms with Crippen LogP contribution in [0.4, 0.5) is 0 Å². The van der Waals surface area contributed by atoms with Crippen LogP contribution in [0.5, 0.6) is 0 Å². The lowest BCUT2D eigenvalue weighted by Gasteiger charge is -2.32. The number of hydrogen-bond acceptors (Lipinski definition) is 3. The molecule has 6 nitrogen and oxygen atoms in total. The van der Waals surface area contributed by atoms with E-state index < -0.39 is 0 Å². The maximum Gasteiger partial charge on any atom is 0.261 e. The van der Waals surface area contributed by atoms with Crippen molar-refractivity contribution in [3.8, 4) is 0 Å². The third kappa shape index (κ3) is 3.74. The molecule has 0 unspecified atom stereocenters. The zero-order valence-corrected chi connectivity index (χ0v) is 17.7. The van der Waals surface area contributed by atoms with E-state index in [0.717, 1.165) is 53.7 Å². The number of H-pyrrole nitrogens is 1. The normalized spacial score (nSPS) is 15.1. The van der Waals surface area contributed by atoms with Crippen LogP contribution in [0.15, 0.2) is 59.5 Å². The van der Waals surface area contributed by atoms with Crippen molar-refractivity contribution < 1.29 is 4.79 Å². The molecule has 31 heavy (non-hydrogen) atoms. The highest BCUT2D eigenvalue weighted by molar-refractivity contribution is 5.88. The second kappa shape index (κ2) is 8.02. The molecular formula is C25H26N4O2. The maximum atomic E-state index is 12.9. The summed E-state index contributed by atoms with van der Waals surface area (Å²) in [7, 11) is 0. The van der Waals surface area contributed by atoms with Gasteiger partial charge in [-0.3, -0.25) is 14.2 Å². The number of carbonyl (C=O) groups excluding carboxylic acids is 1. The van der Waals surface area contributed by atoms with Crippen LogP contribution in [-0.4, -0.2) is 38.4 Å². The molecule has 1 N–H and O–H groups in total. The molecule has 6 heteroatoms. The topological polar surface area (TPSA) is 71.0 Å². The highest BCUT2D eigenvalue weighted by Crippen LogP contribution is 2.22. The fraction of sp³-hybridized carbons (Fsp3) is 0.320. The summed E-state index contributed by atoms with van der Waals surface area (Å²) in [6, 6.07) is 15.6. The van der Waals surface area contributed by atoms with Gasteiger partial charge in [0.1, 0.15) is 5.82 Å². The minimum Gasteiger partial charge on any atom is -0.361 e. The molecule has 1 saturated heterocycles. The Kier molecular flexibility index (Phi) is 5.06. The molecule has 0 atom stereocenters. The Morgan fingerprint density at radius 1 is 1.06 bits per heavy atom. The monoisotopic (exact) mass is 414 g/mol. The molecule has 0 spiro atoms. The summed E-state index contributed by atoms with van der Waals surface area (Å²) in [5.41, 5.74) is 2.89. The van der Waals surface area contributed by atoms with Crippen molar-refractivity contribution in [2.45, 2.75) is 32.7 Å². The molecule has 5 rings (SSSR count). The van der Waals surface area contributed by atoms with Gasteiger partial charge in [0, 0.05) is 36.7 Å². The number of aromatic amines is 1. The smallest absolute Gasteiger partial charge is 0.261 e. The zero-order valence-electron chi connectivity index (χ0n) is 17.7. The second-order valence-electron chi connectivity index (χ2n) is 8.45. The lowest BCUT2D eigenvalue weighted by atomic mass is 9.96.